The molecule has 32 heavy (non-hydrogen) atoms. The number of nitrogens with one attached hydrogen (secondary N) is 2. The summed E-state index contributed by atoms with van der Waals surface area (Å²) in [4.78, 5) is 29.7. The van der Waals surface area contributed by atoms with Crippen LogP contribution in [0.25, 0.3) is 0 Å². The standard InChI is InChI=1S/C25H24FN3O3/c1-27-25(31)20-14-17(24(30)29-12-10-18-9-5-6-11-28-18)13-19-22(16-7-3-2-4-8-16)21(15-26)32-23(19)20/h2-9,11,13-14,21-22H,10,12,15H2,1H3,(H,27,31)(H,29,30). The number of halogens is 1. The molecule has 4 rings (SSSR count). The average molecular weight is 433 g/mol. The Morgan fingerprint density at radius 2 is 1.84 bits per heavy atom. The molecule has 1 aromatic heterocycles. The SMILES string of the molecule is CNC(=O)c1cc(C(=O)NCCc2ccccn2)cc2c1OC(CF)C2c1ccccc1. The molecule has 2 aromatic carbocycles. The van der Waals surface area contributed by atoms with Crippen LogP contribution in [0.1, 0.15) is 43.5 Å². The molecule has 1 aliphatic heterocycles. The summed E-state index contributed by atoms with van der Waals surface area (Å²) in [6.45, 7) is -0.318. The highest BCUT2D eigenvalue weighted by Gasteiger charge is 2.39. The number of nitrogens with zero attached hydrogens (tertiary/aromatic N) is 1. The number of aromatic nitrogens is 1. The van der Waals surface area contributed by atoms with Crippen molar-refractivity contribution in [2.75, 3.05) is 20.3 Å². The summed E-state index contributed by atoms with van der Waals surface area (Å²) < 4.78 is 19.8. The first-order chi connectivity index (χ1) is 15.6. The van der Waals surface area contributed by atoms with Crippen molar-refractivity contribution in [3.63, 3.8) is 0 Å². The number of amides is 2. The van der Waals surface area contributed by atoms with E-state index in [4.69, 9.17) is 4.74 Å². The van der Waals surface area contributed by atoms with Gasteiger partial charge in [0.15, 0.2) is 0 Å². The second kappa shape index (κ2) is 9.60. The van der Waals surface area contributed by atoms with Crippen LogP contribution >= 0.6 is 0 Å². The predicted octanol–water partition coefficient (Wildman–Crippen LogP) is 3.28. The van der Waals surface area contributed by atoms with E-state index in [0.717, 1.165) is 11.3 Å². The van der Waals surface area contributed by atoms with Gasteiger partial charge >= 0.3 is 0 Å². The fourth-order valence-electron chi connectivity index (χ4n) is 4.00. The number of carbonyl (C=O) groups is 2. The third-order valence-corrected chi connectivity index (χ3v) is 5.53. The minimum Gasteiger partial charge on any atom is -0.486 e. The summed E-state index contributed by atoms with van der Waals surface area (Å²) in [5, 5.41) is 5.45. The molecule has 1 aliphatic rings. The number of alkyl halides is 1. The molecule has 3 aromatic rings. The number of hydrogen-bond donors (Lipinski definition) is 2. The van der Waals surface area contributed by atoms with Crippen molar-refractivity contribution >= 4 is 11.8 Å². The molecule has 0 fully saturated rings. The molecule has 0 radical (unpaired) electrons. The van der Waals surface area contributed by atoms with Crippen LogP contribution in [0, 0.1) is 0 Å². The van der Waals surface area contributed by atoms with Crippen molar-refractivity contribution in [2.24, 2.45) is 0 Å². The lowest BCUT2D eigenvalue weighted by Crippen LogP contribution is -2.27. The number of fused-ring (bicyclic) bond motifs is 1. The maximum Gasteiger partial charge on any atom is 0.254 e. The molecule has 7 heteroatoms. The Kier molecular flexibility index (Phi) is 6.44. The van der Waals surface area contributed by atoms with Gasteiger partial charge in [0, 0.05) is 43.0 Å². The number of hydrogen-bond acceptors (Lipinski definition) is 4. The summed E-state index contributed by atoms with van der Waals surface area (Å²) in [5.41, 5.74) is 2.92. The maximum absolute atomic E-state index is 13.9. The molecule has 164 valence electrons. The molecule has 2 unspecified atom stereocenters. The highest BCUT2D eigenvalue weighted by Crippen LogP contribution is 2.45. The highest BCUT2D eigenvalue weighted by molar-refractivity contribution is 6.02. The molecule has 0 aliphatic carbocycles. The Hall–Kier alpha value is -3.74. The first-order valence-corrected chi connectivity index (χ1v) is 10.5. The Morgan fingerprint density at radius 1 is 1.06 bits per heavy atom. The zero-order chi connectivity index (χ0) is 22.5. The van der Waals surface area contributed by atoms with E-state index in [1.54, 1.807) is 12.3 Å². The van der Waals surface area contributed by atoms with E-state index in [-0.39, 0.29) is 11.5 Å². The van der Waals surface area contributed by atoms with Crippen LogP contribution in [0.3, 0.4) is 0 Å². The van der Waals surface area contributed by atoms with Crippen molar-refractivity contribution < 1.29 is 18.7 Å². The lowest BCUT2D eigenvalue weighted by molar-refractivity contribution is 0.0953. The number of benzene rings is 2. The molecular formula is C25H24FN3O3. The van der Waals surface area contributed by atoms with Crippen molar-refractivity contribution in [3.05, 3.63) is 94.8 Å². The fourth-order valence-corrected chi connectivity index (χ4v) is 4.00. The molecule has 0 spiro atoms. The van der Waals surface area contributed by atoms with Crippen LogP contribution in [0.2, 0.25) is 0 Å². The van der Waals surface area contributed by atoms with Crippen LogP contribution < -0.4 is 15.4 Å². The molecule has 2 atom stereocenters. The molecule has 2 N–H and O–H groups in total. The number of pyridine rings is 1. The van der Waals surface area contributed by atoms with Gasteiger partial charge in [-0.2, -0.15) is 0 Å². The first-order valence-electron chi connectivity index (χ1n) is 10.5. The summed E-state index contributed by atoms with van der Waals surface area (Å²) in [6.07, 6.45) is 1.52. The zero-order valence-corrected chi connectivity index (χ0v) is 17.7. The Morgan fingerprint density at radius 3 is 2.53 bits per heavy atom. The zero-order valence-electron chi connectivity index (χ0n) is 17.7. The van der Waals surface area contributed by atoms with Gasteiger partial charge < -0.3 is 15.4 Å². The third-order valence-electron chi connectivity index (χ3n) is 5.53. The molecule has 0 saturated heterocycles. The summed E-state index contributed by atoms with van der Waals surface area (Å²) in [7, 11) is 1.50. The highest BCUT2D eigenvalue weighted by atomic mass is 19.1. The summed E-state index contributed by atoms with van der Waals surface area (Å²) in [6, 6.07) is 18.2. The first kappa shape index (κ1) is 21.5. The van der Waals surface area contributed by atoms with Gasteiger partial charge in [-0.1, -0.05) is 36.4 Å². The second-order valence-electron chi connectivity index (χ2n) is 7.55. The quantitative estimate of drug-likeness (QED) is 0.599. The van der Waals surface area contributed by atoms with Crippen LogP contribution in [-0.2, 0) is 6.42 Å². The van der Waals surface area contributed by atoms with Crippen LogP contribution in [-0.4, -0.2) is 43.2 Å². The molecular weight excluding hydrogens is 409 g/mol. The number of ether oxygens (including phenoxy) is 1. The lowest BCUT2D eigenvalue weighted by Gasteiger charge is -2.16. The third kappa shape index (κ3) is 4.32. The van der Waals surface area contributed by atoms with Gasteiger partial charge in [0.2, 0.25) is 0 Å². The topological polar surface area (TPSA) is 80.3 Å². The Balaban J connectivity index is 1.66. The molecule has 0 bridgehead atoms. The van der Waals surface area contributed by atoms with Gasteiger partial charge in [0.1, 0.15) is 18.5 Å². The number of rotatable bonds is 7. The largest absolute Gasteiger partial charge is 0.486 e. The Bertz CT molecular complexity index is 1110. The number of carbonyl (C=O) groups excluding carboxylic acids is 2. The minimum absolute atomic E-state index is 0.219. The average Bonchev–Trinajstić information content (AvgIpc) is 3.22. The van der Waals surface area contributed by atoms with Gasteiger partial charge in [-0.05, 0) is 29.8 Å². The fraction of sp³-hybridized carbons (Fsp3) is 0.240. The van der Waals surface area contributed by atoms with E-state index in [1.165, 1.54) is 13.1 Å². The van der Waals surface area contributed by atoms with E-state index in [0.29, 0.717) is 29.8 Å². The molecule has 2 amide bonds. The van der Waals surface area contributed by atoms with Crippen LogP contribution in [0.4, 0.5) is 4.39 Å². The van der Waals surface area contributed by atoms with Crippen molar-refractivity contribution in [1.29, 1.82) is 0 Å². The molecule has 6 nitrogen and oxygen atoms in total. The smallest absolute Gasteiger partial charge is 0.254 e. The van der Waals surface area contributed by atoms with E-state index in [1.807, 2.05) is 48.5 Å². The van der Waals surface area contributed by atoms with E-state index in [2.05, 4.69) is 15.6 Å². The molecule has 2 heterocycles. The van der Waals surface area contributed by atoms with Gasteiger partial charge in [-0.3, -0.25) is 14.6 Å². The monoisotopic (exact) mass is 433 g/mol. The Labute approximate surface area is 185 Å². The van der Waals surface area contributed by atoms with Gasteiger partial charge in [0.25, 0.3) is 11.8 Å². The lowest BCUT2D eigenvalue weighted by atomic mass is 9.86. The maximum atomic E-state index is 13.9. The second-order valence-corrected chi connectivity index (χ2v) is 7.55. The molecule has 0 saturated carbocycles. The predicted molar refractivity (Wildman–Crippen MR) is 119 cm³/mol. The normalized spacial score (nSPS) is 16.7. The van der Waals surface area contributed by atoms with Gasteiger partial charge in [-0.25, -0.2) is 4.39 Å². The van der Waals surface area contributed by atoms with Crippen molar-refractivity contribution in [1.82, 2.24) is 15.6 Å². The minimum atomic E-state index is -0.765. The summed E-state index contributed by atoms with van der Waals surface area (Å²) >= 11 is 0. The van der Waals surface area contributed by atoms with Gasteiger partial charge in [0.05, 0.1) is 11.5 Å². The van der Waals surface area contributed by atoms with E-state index in [9.17, 15) is 14.0 Å². The summed E-state index contributed by atoms with van der Waals surface area (Å²) in [5.74, 6) is -0.799. The van der Waals surface area contributed by atoms with Crippen molar-refractivity contribution in [3.8, 4) is 5.75 Å². The van der Waals surface area contributed by atoms with Crippen LogP contribution in [0.15, 0.2) is 66.9 Å². The van der Waals surface area contributed by atoms with Crippen LogP contribution in [0.5, 0.6) is 5.75 Å². The van der Waals surface area contributed by atoms with E-state index >= 15 is 0 Å². The van der Waals surface area contributed by atoms with E-state index < -0.39 is 24.6 Å². The van der Waals surface area contributed by atoms with Crippen molar-refractivity contribution in [2.45, 2.75) is 18.4 Å². The van der Waals surface area contributed by atoms with Gasteiger partial charge in [-0.15, -0.1) is 0 Å².